The van der Waals surface area contributed by atoms with Crippen molar-refractivity contribution in [2.45, 2.75) is 38.8 Å². The molecule has 0 aliphatic rings. The van der Waals surface area contributed by atoms with Crippen LogP contribution in [0, 0.1) is 5.92 Å². The van der Waals surface area contributed by atoms with Crippen molar-refractivity contribution in [2.75, 3.05) is 0 Å². The third kappa shape index (κ3) is 5.07. The number of carbonyl (C=O) groups is 2. The Morgan fingerprint density at radius 3 is 2.33 bits per heavy atom. The lowest BCUT2D eigenvalue weighted by Gasteiger charge is -2.22. The largest absolute Gasteiger partial charge is 0.508 e. The molecule has 0 heterocycles. The first-order chi connectivity index (χ1) is 9.85. The first-order valence-electron chi connectivity index (χ1n) is 6.91. The SMILES string of the molecule is CCC(C)[C@H](NC(=O)[C@H](N)Cc1ccc(O)cc1)C(=O)O. The van der Waals surface area contributed by atoms with Crippen molar-refractivity contribution in [3.05, 3.63) is 29.8 Å². The lowest BCUT2D eigenvalue weighted by molar-refractivity contribution is -0.143. The highest BCUT2D eigenvalue weighted by molar-refractivity contribution is 5.87. The Morgan fingerprint density at radius 2 is 1.86 bits per heavy atom. The van der Waals surface area contributed by atoms with E-state index < -0.39 is 24.0 Å². The number of aromatic hydroxyl groups is 1. The minimum absolute atomic E-state index is 0.138. The number of nitrogens with one attached hydrogen (secondary N) is 1. The van der Waals surface area contributed by atoms with Crippen molar-refractivity contribution in [3.8, 4) is 5.75 Å². The highest BCUT2D eigenvalue weighted by Crippen LogP contribution is 2.12. The topological polar surface area (TPSA) is 113 Å². The molecule has 0 saturated heterocycles. The molecule has 0 fully saturated rings. The third-order valence-corrected chi connectivity index (χ3v) is 3.51. The fourth-order valence-corrected chi connectivity index (χ4v) is 1.92. The smallest absolute Gasteiger partial charge is 0.326 e. The van der Waals surface area contributed by atoms with Gasteiger partial charge in [0.25, 0.3) is 0 Å². The van der Waals surface area contributed by atoms with Gasteiger partial charge in [0.05, 0.1) is 6.04 Å². The molecule has 0 bridgehead atoms. The van der Waals surface area contributed by atoms with Crippen LogP contribution in [0.15, 0.2) is 24.3 Å². The molecule has 6 nitrogen and oxygen atoms in total. The summed E-state index contributed by atoms with van der Waals surface area (Å²) in [4.78, 5) is 23.2. The fraction of sp³-hybridized carbons (Fsp3) is 0.467. The summed E-state index contributed by atoms with van der Waals surface area (Å²) in [5.74, 6) is -1.59. The summed E-state index contributed by atoms with van der Waals surface area (Å²) < 4.78 is 0. The summed E-state index contributed by atoms with van der Waals surface area (Å²) in [6.07, 6.45) is 0.920. The van der Waals surface area contributed by atoms with Gasteiger partial charge >= 0.3 is 5.97 Å². The Kier molecular flexibility index (Phi) is 6.17. The van der Waals surface area contributed by atoms with Gasteiger partial charge < -0.3 is 21.3 Å². The molecule has 0 aliphatic carbocycles. The number of benzene rings is 1. The van der Waals surface area contributed by atoms with Gasteiger partial charge in [0.2, 0.25) is 5.91 Å². The zero-order chi connectivity index (χ0) is 16.0. The molecule has 0 spiro atoms. The summed E-state index contributed by atoms with van der Waals surface area (Å²) in [6, 6.07) is 4.60. The van der Waals surface area contributed by atoms with E-state index in [-0.39, 0.29) is 18.1 Å². The molecule has 0 saturated carbocycles. The summed E-state index contributed by atoms with van der Waals surface area (Å²) in [6.45, 7) is 3.63. The standard InChI is InChI=1S/C15H22N2O4/c1-3-9(2)13(15(20)21)17-14(19)12(16)8-10-4-6-11(18)7-5-10/h4-7,9,12-13,18H,3,8,16H2,1-2H3,(H,17,19)(H,20,21)/t9?,12-,13+/m1/s1. The van der Waals surface area contributed by atoms with Gasteiger partial charge in [-0.3, -0.25) is 4.79 Å². The lowest BCUT2D eigenvalue weighted by Crippen LogP contribution is -2.51. The van der Waals surface area contributed by atoms with Gasteiger partial charge in [-0.2, -0.15) is 0 Å². The normalized spacial score (nSPS) is 15.0. The third-order valence-electron chi connectivity index (χ3n) is 3.51. The van der Waals surface area contributed by atoms with Crippen LogP contribution < -0.4 is 11.1 Å². The molecule has 1 unspecified atom stereocenters. The molecular formula is C15H22N2O4. The second-order valence-corrected chi connectivity index (χ2v) is 5.19. The van der Waals surface area contributed by atoms with E-state index in [9.17, 15) is 14.7 Å². The van der Waals surface area contributed by atoms with E-state index in [1.54, 1.807) is 19.1 Å². The number of carboxylic acids is 1. The predicted octanol–water partition coefficient (Wildman–Crippen LogP) is 0.877. The highest BCUT2D eigenvalue weighted by atomic mass is 16.4. The monoisotopic (exact) mass is 294 g/mol. The number of carbonyl (C=O) groups excluding carboxylic acids is 1. The van der Waals surface area contributed by atoms with Crippen LogP contribution in [0.2, 0.25) is 0 Å². The van der Waals surface area contributed by atoms with E-state index >= 15 is 0 Å². The van der Waals surface area contributed by atoms with Crippen molar-refractivity contribution in [2.24, 2.45) is 11.7 Å². The number of amides is 1. The number of nitrogens with two attached hydrogens (primary N) is 1. The molecule has 1 rings (SSSR count). The summed E-state index contributed by atoms with van der Waals surface area (Å²) in [5.41, 5.74) is 6.61. The van der Waals surface area contributed by atoms with E-state index in [2.05, 4.69) is 5.32 Å². The number of hydrogen-bond acceptors (Lipinski definition) is 4. The Bertz CT molecular complexity index is 487. The Hall–Kier alpha value is -2.08. The van der Waals surface area contributed by atoms with E-state index in [4.69, 9.17) is 10.8 Å². The molecule has 0 aromatic heterocycles. The minimum atomic E-state index is -1.06. The lowest BCUT2D eigenvalue weighted by atomic mass is 9.98. The number of phenols is 1. The minimum Gasteiger partial charge on any atom is -0.508 e. The van der Waals surface area contributed by atoms with Gasteiger partial charge in [0.1, 0.15) is 11.8 Å². The maximum absolute atomic E-state index is 12.0. The second-order valence-electron chi connectivity index (χ2n) is 5.19. The van der Waals surface area contributed by atoms with Crippen LogP contribution in [0.1, 0.15) is 25.8 Å². The number of phenolic OH excluding ortho intramolecular Hbond substituents is 1. The van der Waals surface area contributed by atoms with Crippen LogP contribution in [0.3, 0.4) is 0 Å². The van der Waals surface area contributed by atoms with Crippen LogP contribution in [0.4, 0.5) is 0 Å². The van der Waals surface area contributed by atoms with Gasteiger partial charge in [-0.1, -0.05) is 32.4 Å². The molecule has 21 heavy (non-hydrogen) atoms. The van der Waals surface area contributed by atoms with Crippen LogP contribution >= 0.6 is 0 Å². The number of carboxylic acid groups (broad SMARTS) is 1. The summed E-state index contributed by atoms with van der Waals surface area (Å²) >= 11 is 0. The van der Waals surface area contributed by atoms with E-state index in [1.807, 2.05) is 6.92 Å². The zero-order valence-electron chi connectivity index (χ0n) is 12.2. The molecular weight excluding hydrogens is 272 g/mol. The maximum atomic E-state index is 12.0. The molecule has 1 amide bonds. The van der Waals surface area contributed by atoms with Crippen LogP contribution in [-0.2, 0) is 16.0 Å². The van der Waals surface area contributed by atoms with E-state index in [1.165, 1.54) is 12.1 Å². The van der Waals surface area contributed by atoms with Crippen molar-refractivity contribution < 1.29 is 19.8 Å². The molecule has 1 aromatic carbocycles. The van der Waals surface area contributed by atoms with Crippen LogP contribution in [0.5, 0.6) is 5.75 Å². The fourth-order valence-electron chi connectivity index (χ4n) is 1.92. The molecule has 5 N–H and O–H groups in total. The molecule has 0 aliphatic heterocycles. The first-order valence-corrected chi connectivity index (χ1v) is 6.91. The number of hydrogen-bond donors (Lipinski definition) is 4. The molecule has 1 aromatic rings. The molecule has 0 radical (unpaired) electrons. The second kappa shape index (κ2) is 7.64. The van der Waals surface area contributed by atoms with Crippen molar-refractivity contribution in [1.82, 2.24) is 5.32 Å². The van der Waals surface area contributed by atoms with Crippen molar-refractivity contribution in [1.29, 1.82) is 0 Å². The van der Waals surface area contributed by atoms with Gasteiger partial charge in [0, 0.05) is 0 Å². The van der Waals surface area contributed by atoms with Gasteiger partial charge in [0.15, 0.2) is 0 Å². The van der Waals surface area contributed by atoms with Gasteiger partial charge in [-0.15, -0.1) is 0 Å². The predicted molar refractivity (Wildman–Crippen MR) is 78.8 cm³/mol. The molecule has 6 heteroatoms. The van der Waals surface area contributed by atoms with Crippen LogP contribution in [-0.4, -0.2) is 34.2 Å². The molecule has 3 atom stereocenters. The summed E-state index contributed by atoms with van der Waals surface area (Å²) in [7, 11) is 0. The number of aliphatic carboxylic acids is 1. The average molecular weight is 294 g/mol. The Labute approximate surface area is 124 Å². The number of rotatable bonds is 7. The quantitative estimate of drug-likeness (QED) is 0.596. The van der Waals surface area contributed by atoms with Crippen molar-refractivity contribution >= 4 is 11.9 Å². The van der Waals surface area contributed by atoms with Gasteiger partial charge in [-0.25, -0.2) is 4.79 Å². The Balaban J connectivity index is 2.64. The van der Waals surface area contributed by atoms with Crippen LogP contribution in [0.25, 0.3) is 0 Å². The maximum Gasteiger partial charge on any atom is 0.326 e. The van der Waals surface area contributed by atoms with E-state index in [0.717, 1.165) is 5.56 Å². The Morgan fingerprint density at radius 1 is 1.29 bits per heavy atom. The zero-order valence-corrected chi connectivity index (χ0v) is 12.2. The summed E-state index contributed by atoms with van der Waals surface area (Å²) in [5, 5.41) is 20.8. The molecule has 116 valence electrons. The highest BCUT2D eigenvalue weighted by Gasteiger charge is 2.27. The first kappa shape index (κ1) is 17.0. The van der Waals surface area contributed by atoms with Gasteiger partial charge in [-0.05, 0) is 30.0 Å². The van der Waals surface area contributed by atoms with E-state index in [0.29, 0.717) is 6.42 Å². The average Bonchev–Trinajstić information content (AvgIpc) is 2.45. The van der Waals surface area contributed by atoms with Crippen molar-refractivity contribution in [3.63, 3.8) is 0 Å².